The predicted molar refractivity (Wildman–Crippen MR) is 111 cm³/mol. The third kappa shape index (κ3) is 3.67. The molecule has 0 aromatic carbocycles. The number of imidazole rings is 1. The number of nitrogens with two attached hydrogens (primary N) is 1. The number of nitrogens with zero attached hydrogens (tertiary/aromatic N) is 6. The molecule has 3 aromatic heterocycles. The summed E-state index contributed by atoms with van der Waals surface area (Å²) in [5, 5.41) is 34.3. The maximum Gasteiger partial charge on any atom is 0.168 e. The van der Waals surface area contributed by atoms with Crippen LogP contribution in [0.1, 0.15) is 38.3 Å². The largest absolute Gasteiger partial charge is 0.394 e. The second kappa shape index (κ2) is 8.15. The van der Waals surface area contributed by atoms with Crippen molar-refractivity contribution >= 4 is 17.0 Å². The van der Waals surface area contributed by atoms with Crippen molar-refractivity contribution in [3.05, 3.63) is 18.7 Å². The van der Waals surface area contributed by atoms with Crippen LogP contribution in [0.4, 0.5) is 5.82 Å². The first-order chi connectivity index (χ1) is 15.0. The SMILES string of the molecule is Nc1nc(-c2cnn(CC3CCCCC3)c2)nc2c1ncn2C1OC(CO)C(O)[C@H]1O. The van der Waals surface area contributed by atoms with E-state index in [1.165, 1.54) is 43.0 Å². The van der Waals surface area contributed by atoms with Crippen LogP contribution in [-0.4, -0.2) is 69.5 Å². The first kappa shape index (κ1) is 20.3. The van der Waals surface area contributed by atoms with E-state index >= 15 is 0 Å². The number of fused-ring (bicyclic) bond motifs is 1. The van der Waals surface area contributed by atoms with Crippen LogP contribution in [0.15, 0.2) is 18.7 Å². The van der Waals surface area contributed by atoms with Gasteiger partial charge in [0, 0.05) is 12.7 Å². The van der Waals surface area contributed by atoms with Gasteiger partial charge in [0.05, 0.1) is 24.7 Å². The number of nitrogen functional groups attached to an aromatic ring is 1. The van der Waals surface area contributed by atoms with Crippen LogP contribution < -0.4 is 5.73 Å². The zero-order valence-corrected chi connectivity index (χ0v) is 17.1. The smallest absolute Gasteiger partial charge is 0.168 e. The molecule has 5 rings (SSSR count). The van der Waals surface area contributed by atoms with Gasteiger partial charge in [-0.15, -0.1) is 0 Å². The van der Waals surface area contributed by atoms with Crippen LogP contribution >= 0.6 is 0 Å². The van der Waals surface area contributed by atoms with Gasteiger partial charge < -0.3 is 25.8 Å². The number of anilines is 1. The van der Waals surface area contributed by atoms with Gasteiger partial charge in [0.1, 0.15) is 23.8 Å². The second-order valence-electron chi connectivity index (χ2n) is 8.44. The van der Waals surface area contributed by atoms with E-state index in [1.807, 2.05) is 10.9 Å². The Hall–Kier alpha value is -2.60. The molecule has 0 spiro atoms. The standard InChI is InChI=1S/C20H27N7O4/c21-17-14-19(27(10-22-14)20-16(30)15(29)13(9-28)31-20)25-18(24-17)12-6-23-26(8-12)7-11-4-2-1-3-5-11/h6,8,10-11,13,15-16,20,28-30H,1-5,7,9H2,(H2,21,24,25)/t13?,15?,16-,20?/m1/s1. The molecule has 4 heterocycles. The van der Waals surface area contributed by atoms with E-state index in [0.29, 0.717) is 22.9 Å². The van der Waals surface area contributed by atoms with Gasteiger partial charge in [-0.3, -0.25) is 9.25 Å². The van der Waals surface area contributed by atoms with Crippen molar-refractivity contribution in [3.63, 3.8) is 0 Å². The van der Waals surface area contributed by atoms with Crippen molar-refractivity contribution in [2.45, 2.75) is 63.2 Å². The molecule has 0 bridgehead atoms. The summed E-state index contributed by atoms with van der Waals surface area (Å²) >= 11 is 0. The number of aliphatic hydroxyl groups is 3. The first-order valence-corrected chi connectivity index (χ1v) is 10.7. The molecule has 1 aliphatic carbocycles. The molecule has 166 valence electrons. The minimum atomic E-state index is -1.24. The average molecular weight is 429 g/mol. The molecule has 3 aromatic rings. The molecule has 3 unspecified atom stereocenters. The normalized spacial score (nSPS) is 27.3. The first-order valence-electron chi connectivity index (χ1n) is 10.7. The van der Waals surface area contributed by atoms with Gasteiger partial charge in [-0.25, -0.2) is 15.0 Å². The van der Waals surface area contributed by atoms with Crippen molar-refractivity contribution in [1.29, 1.82) is 0 Å². The fourth-order valence-corrected chi connectivity index (χ4v) is 4.58. The number of aromatic nitrogens is 6. The number of aliphatic hydroxyl groups excluding tert-OH is 3. The molecule has 31 heavy (non-hydrogen) atoms. The highest BCUT2D eigenvalue weighted by molar-refractivity contribution is 5.83. The molecule has 0 amide bonds. The third-order valence-electron chi connectivity index (χ3n) is 6.30. The van der Waals surface area contributed by atoms with Gasteiger partial charge in [-0.2, -0.15) is 5.10 Å². The second-order valence-corrected chi connectivity index (χ2v) is 8.44. The van der Waals surface area contributed by atoms with Crippen LogP contribution in [0.3, 0.4) is 0 Å². The van der Waals surface area contributed by atoms with E-state index in [9.17, 15) is 15.3 Å². The zero-order valence-electron chi connectivity index (χ0n) is 17.1. The van der Waals surface area contributed by atoms with E-state index in [0.717, 1.165) is 12.1 Å². The number of hydrogen-bond acceptors (Lipinski definition) is 9. The maximum absolute atomic E-state index is 10.4. The zero-order chi connectivity index (χ0) is 21.5. The van der Waals surface area contributed by atoms with Gasteiger partial charge in [-0.05, 0) is 18.8 Å². The van der Waals surface area contributed by atoms with Gasteiger partial charge in [0.15, 0.2) is 23.5 Å². The molecule has 5 N–H and O–H groups in total. The number of ether oxygens (including phenoxy) is 1. The summed E-state index contributed by atoms with van der Waals surface area (Å²) in [5.41, 5.74) is 7.61. The minimum absolute atomic E-state index is 0.200. The summed E-state index contributed by atoms with van der Waals surface area (Å²) in [6.45, 7) is 0.460. The highest BCUT2D eigenvalue weighted by Crippen LogP contribution is 2.33. The Morgan fingerprint density at radius 2 is 1.94 bits per heavy atom. The Bertz CT molecular complexity index is 1060. The van der Waals surface area contributed by atoms with E-state index in [1.54, 1.807) is 6.20 Å². The Morgan fingerprint density at radius 3 is 2.68 bits per heavy atom. The summed E-state index contributed by atoms with van der Waals surface area (Å²) in [6.07, 6.45) is 7.10. The van der Waals surface area contributed by atoms with Gasteiger partial charge in [-0.1, -0.05) is 19.3 Å². The monoisotopic (exact) mass is 429 g/mol. The lowest BCUT2D eigenvalue weighted by Crippen LogP contribution is -2.33. The summed E-state index contributed by atoms with van der Waals surface area (Å²) in [5.74, 6) is 1.24. The lowest BCUT2D eigenvalue weighted by molar-refractivity contribution is -0.0511. The highest BCUT2D eigenvalue weighted by Gasteiger charge is 2.44. The maximum atomic E-state index is 10.4. The van der Waals surface area contributed by atoms with E-state index in [4.69, 9.17) is 10.5 Å². The van der Waals surface area contributed by atoms with Crippen molar-refractivity contribution in [2.75, 3.05) is 12.3 Å². The summed E-state index contributed by atoms with van der Waals surface area (Å²) < 4.78 is 9.05. The molecule has 1 saturated carbocycles. The predicted octanol–water partition coefficient (Wildman–Crippen LogP) is 0.464. The molecule has 4 atom stereocenters. The lowest BCUT2D eigenvalue weighted by Gasteiger charge is -2.21. The Balaban J connectivity index is 1.45. The fourth-order valence-electron chi connectivity index (χ4n) is 4.58. The summed E-state index contributed by atoms with van der Waals surface area (Å²) in [6, 6.07) is 0. The molecule has 11 heteroatoms. The molecule has 0 radical (unpaired) electrons. The van der Waals surface area contributed by atoms with E-state index < -0.39 is 31.1 Å². The molecular weight excluding hydrogens is 402 g/mol. The molecular formula is C20H27N7O4. The number of rotatable bonds is 5. The van der Waals surface area contributed by atoms with Crippen LogP contribution in [0.2, 0.25) is 0 Å². The Labute approximate surface area is 178 Å². The number of hydrogen-bond donors (Lipinski definition) is 4. The Kier molecular flexibility index (Phi) is 5.34. The quantitative estimate of drug-likeness (QED) is 0.452. The van der Waals surface area contributed by atoms with Crippen molar-refractivity contribution in [3.8, 4) is 11.4 Å². The molecule has 2 aliphatic rings. The van der Waals surface area contributed by atoms with E-state index in [-0.39, 0.29) is 5.82 Å². The lowest BCUT2D eigenvalue weighted by atomic mass is 9.89. The summed E-state index contributed by atoms with van der Waals surface area (Å²) in [4.78, 5) is 13.2. The summed E-state index contributed by atoms with van der Waals surface area (Å²) in [7, 11) is 0. The fraction of sp³-hybridized carbons (Fsp3) is 0.600. The van der Waals surface area contributed by atoms with Crippen LogP contribution in [0, 0.1) is 5.92 Å². The van der Waals surface area contributed by atoms with Gasteiger partial charge in [0.25, 0.3) is 0 Å². The van der Waals surface area contributed by atoms with Gasteiger partial charge in [0.2, 0.25) is 0 Å². The van der Waals surface area contributed by atoms with Crippen molar-refractivity contribution in [1.82, 2.24) is 29.3 Å². The van der Waals surface area contributed by atoms with Crippen LogP contribution in [-0.2, 0) is 11.3 Å². The van der Waals surface area contributed by atoms with Crippen molar-refractivity contribution < 1.29 is 20.1 Å². The minimum Gasteiger partial charge on any atom is -0.394 e. The molecule has 1 saturated heterocycles. The highest BCUT2D eigenvalue weighted by atomic mass is 16.6. The molecule has 2 fully saturated rings. The van der Waals surface area contributed by atoms with Gasteiger partial charge >= 0.3 is 0 Å². The third-order valence-corrected chi connectivity index (χ3v) is 6.30. The molecule has 11 nitrogen and oxygen atoms in total. The average Bonchev–Trinajstić information content (AvgIpc) is 3.48. The Morgan fingerprint density at radius 1 is 1.13 bits per heavy atom. The van der Waals surface area contributed by atoms with Crippen molar-refractivity contribution in [2.24, 2.45) is 5.92 Å². The van der Waals surface area contributed by atoms with E-state index in [2.05, 4.69) is 20.1 Å². The van der Waals surface area contributed by atoms with Crippen LogP contribution in [0.25, 0.3) is 22.6 Å². The topological polar surface area (TPSA) is 157 Å². The molecule has 1 aliphatic heterocycles. The van der Waals surface area contributed by atoms with Crippen LogP contribution in [0.5, 0.6) is 0 Å².